The van der Waals surface area contributed by atoms with Crippen molar-refractivity contribution in [3.63, 3.8) is 0 Å². The van der Waals surface area contributed by atoms with Gasteiger partial charge in [-0.15, -0.1) is 15.3 Å². The molecule has 19 heavy (non-hydrogen) atoms. The van der Waals surface area contributed by atoms with Gasteiger partial charge in [-0.1, -0.05) is 36.0 Å². The Morgan fingerprint density at radius 3 is 2.79 bits per heavy atom. The third kappa shape index (κ3) is 2.44. The Bertz CT molecular complexity index is 707. The van der Waals surface area contributed by atoms with Gasteiger partial charge >= 0.3 is 0 Å². The first kappa shape index (κ1) is 12.1. The van der Waals surface area contributed by atoms with E-state index in [2.05, 4.69) is 20.4 Å². The van der Waals surface area contributed by atoms with Gasteiger partial charge in [0.2, 0.25) is 11.8 Å². The van der Waals surface area contributed by atoms with Crippen LogP contribution in [0.5, 0.6) is 0 Å². The summed E-state index contributed by atoms with van der Waals surface area (Å²) in [6, 6.07) is 8.05. The van der Waals surface area contributed by atoms with Crippen LogP contribution in [0.25, 0.3) is 10.8 Å². The van der Waals surface area contributed by atoms with E-state index in [-0.39, 0.29) is 5.25 Å². The summed E-state index contributed by atoms with van der Waals surface area (Å²) in [6.07, 6.45) is 1.76. The molecule has 2 heterocycles. The van der Waals surface area contributed by atoms with E-state index in [4.69, 9.17) is 4.42 Å². The quantitative estimate of drug-likeness (QED) is 0.682. The monoisotopic (exact) mass is 272 g/mol. The van der Waals surface area contributed by atoms with Crippen LogP contribution < -0.4 is 0 Å². The second kappa shape index (κ2) is 4.97. The van der Waals surface area contributed by atoms with E-state index >= 15 is 0 Å². The average Bonchev–Trinajstić information content (AvgIpc) is 2.86. The minimum atomic E-state index is 0.0429. The fourth-order valence-corrected chi connectivity index (χ4v) is 2.72. The first-order valence-electron chi connectivity index (χ1n) is 5.91. The molecule has 0 saturated carbocycles. The van der Waals surface area contributed by atoms with Gasteiger partial charge in [-0.05, 0) is 6.92 Å². The lowest BCUT2D eigenvalue weighted by Crippen LogP contribution is -1.93. The van der Waals surface area contributed by atoms with Crippen molar-refractivity contribution in [3.8, 4) is 0 Å². The summed E-state index contributed by atoms with van der Waals surface area (Å²) in [5.41, 5.74) is 0. The minimum absolute atomic E-state index is 0.0429. The number of nitrogens with zero attached hydrogens (tertiary/aromatic N) is 4. The molecule has 0 aliphatic rings. The van der Waals surface area contributed by atoms with Crippen molar-refractivity contribution >= 4 is 22.5 Å². The van der Waals surface area contributed by atoms with E-state index in [0.29, 0.717) is 11.8 Å². The van der Waals surface area contributed by atoms with Crippen LogP contribution in [0.4, 0.5) is 0 Å². The van der Waals surface area contributed by atoms with Crippen LogP contribution in [0, 0.1) is 6.92 Å². The summed E-state index contributed by atoms with van der Waals surface area (Å²) in [4.78, 5) is 0. The summed E-state index contributed by atoms with van der Waals surface area (Å²) < 4.78 is 5.44. The number of aryl methyl sites for hydroxylation is 1. The van der Waals surface area contributed by atoms with E-state index in [0.717, 1.165) is 15.8 Å². The Labute approximate surface area is 114 Å². The zero-order valence-electron chi connectivity index (χ0n) is 10.6. The number of benzene rings is 1. The highest BCUT2D eigenvalue weighted by molar-refractivity contribution is 7.99. The average molecular weight is 272 g/mol. The summed E-state index contributed by atoms with van der Waals surface area (Å²) in [5, 5.41) is 19.2. The summed E-state index contributed by atoms with van der Waals surface area (Å²) in [7, 11) is 0. The minimum Gasteiger partial charge on any atom is -0.424 e. The van der Waals surface area contributed by atoms with Crippen molar-refractivity contribution in [1.82, 2.24) is 20.4 Å². The number of hydrogen-bond acceptors (Lipinski definition) is 6. The van der Waals surface area contributed by atoms with E-state index in [1.807, 2.05) is 31.2 Å². The predicted octanol–water partition coefficient (Wildman–Crippen LogP) is 3.17. The molecule has 0 spiro atoms. The molecule has 3 aromatic rings. The lowest BCUT2D eigenvalue weighted by molar-refractivity contribution is 0.470. The molecule has 0 aliphatic heterocycles. The topological polar surface area (TPSA) is 64.7 Å². The number of fused-ring (bicyclic) bond motifs is 1. The third-order valence-electron chi connectivity index (χ3n) is 2.71. The fraction of sp³-hybridized carbons (Fsp3) is 0.231. The van der Waals surface area contributed by atoms with Crippen LogP contribution >= 0.6 is 11.8 Å². The number of hydrogen-bond donors (Lipinski definition) is 0. The highest BCUT2D eigenvalue weighted by atomic mass is 32.2. The summed E-state index contributed by atoms with van der Waals surface area (Å²) in [6.45, 7) is 3.80. The van der Waals surface area contributed by atoms with E-state index < -0.39 is 0 Å². The maximum Gasteiger partial charge on any atom is 0.229 e. The van der Waals surface area contributed by atoms with Gasteiger partial charge in [0, 0.05) is 17.7 Å². The molecular formula is C13H12N4OS. The van der Waals surface area contributed by atoms with Gasteiger partial charge in [0.25, 0.3) is 0 Å². The Morgan fingerprint density at radius 2 is 2.00 bits per heavy atom. The zero-order chi connectivity index (χ0) is 13.2. The standard InChI is InChI=1S/C13H12N4OS/c1-8(12-16-15-9(2)18-12)19-13-11-6-4-3-5-10(11)7-14-17-13/h3-8H,1-2H3/t8-/m0/s1. The molecule has 0 N–H and O–H groups in total. The van der Waals surface area contributed by atoms with Crippen molar-refractivity contribution in [2.45, 2.75) is 24.1 Å². The molecule has 0 fully saturated rings. The van der Waals surface area contributed by atoms with Gasteiger partial charge in [-0.2, -0.15) is 5.10 Å². The van der Waals surface area contributed by atoms with Crippen LogP contribution in [-0.2, 0) is 0 Å². The third-order valence-corrected chi connectivity index (χ3v) is 3.79. The molecule has 96 valence electrons. The number of aromatic nitrogens is 4. The molecule has 0 aliphatic carbocycles. The van der Waals surface area contributed by atoms with Gasteiger partial charge < -0.3 is 4.42 Å². The van der Waals surface area contributed by atoms with Gasteiger partial charge in [0.05, 0.1) is 11.4 Å². The van der Waals surface area contributed by atoms with Gasteiger partial charge in [-0.25, -0.2) is 0 Å². The van der Waals surface area contributed by atoms with E-state index in [9.17, 15) is 0 Å². The van der Waals surface area contributed by atoms with Crippen molar-refractivity contribution in [2.24, 2.45) is 0 Å². The maximum atomic E-state index is 5.44. The van der Waals surface area contributed by atoms with E-state index in [1.54, 1.807) is 24.9 Å². The smallest absolute Gasteiger partial charge is 0.229 e. The summed E-state index contributed by atoms with van der Waals surface area (Å²) in [5.74, 6) is 1.18. The van der Waals surface area contributed by atoms with Gasteiger partial charge in [0.15, 0.2) is 0 Å². The lowest BCUT2D eigenvalue weighted by Gasteiger charge is -2.07. The Balaban J connectivity index is 1.93. The second-order valence-corrected chi connectivity index (χ2v) is 5.49. The number of thioether (sulfide) groups is 1. The first-order chi connectivity index (χ1) is 9.24. The first-order valence-corrected chi connectivity index (χ1v) is 6.79. The van der Waals surface area contributed by atoms with Crippen molar-refractivity contribution in [1.29, 1.82) is 0 Å². The van der Waals surface area contributed by atoms with Gasteiger partial charge in [-0.3, -0.25) is 0 Å². The fourth-order valence-electron chi connectivity index (χ4n) is 1.78. The van der Waals surface area contributed by atoms with Crippen LogP contribution in [0.2, 0.25) is 0 Å². The molecule has 0 amide bonds. The van der Waals surface area contributed by atoms with E-state index in [1.165, 1.54) is 0 Å². The molecule has 6 heteroatoms. The Hall–Kier alpha value is -1.95. The van der Waals surface area contributed by atoms with Crippen LogP contribution in [0.1, 0.15) is 24.0 Å². The maximum absolute atomic E-state index is 5.44. The SMILES string of the molecule is Cc1nnc([C@H](C)Sc2nncc3ccccc23)o1. The van der Waals surface area contributed by atoms with Crippen molar-refractivity contribution in [2.75, 3.05) is 0 Å². The number of rotatable bonds is 3. The van der Waals surface area contributed by atoms with Crippen molar-refractivity contribution in [3.05, 3.63) is 42.2 Å². The largest absolute Gasteiger partial charge is 0.424 e. The molecule has 3 rings (SSSR count). The normalized spacial score (nSPS) is 12.7. The Morgan fingerprint density at radius 1 is 1.16 bits per heavy atom. The molecule has 2 aromatic heterocycles. The lowest BCUT2D eigenvalue weighted by atomic mass is 10.2. The highest BCUT2D eigenvalue weighted by Crippen LogP contribution is 2.35. The molecule has 0 unspecified atom stereocenters. The molecule has 5 nitrogen and oxygen atoms in total. The molecule has 1 atom stereocenters. The second-order valence-electron chi connectivity index (χ2n) is 4.16. The molecule has 1 aromatic carbocycles. The van der Waals surface area contributed by atoms with Crippen molar-refractivity contribution < 1.29 is 4.42 Å². The molecular weight excluding hydrogens is 260 g/mol. The molecule has 0 radical (unpaired) electrons. The predicted molar refractivity (Wildman–Crippen MR) is 72.8 cm³/mol. The molecule has 0 saturated heterocycles. The zero-order valence-corrected chi connectivity index (χ0v) is 11.4. The van der Waals surface area contributed by atoms with Crippen LogP contribution in [0.3, 0.4) is 0 Å². The van der Waals surface area contributed by atoms with Crippen LogP contribution in [-0.4, -0.2) is 20.4 Å². The molecule has 0 bridgehead atoms. The van der Waals surface area contributed by atoms with Crippen LogP contribution in [0.15, 0.2) is 39.9 Å². The van der Waals surface area contributed by atoms with Gasteiger partial charge in [0.1, 0.15) is 5.03 Å². The summed E-state index contributed by atoms with van der Waals surface area (Å²) >= 11 is 1.57. The Kier molecular flexibility index (Phi) is 3.16. The highest BCUT2D eigenvalue weighted by Gasteiger charge is 2.16.